The van der Waals surface area contributed by atoms with Crippen molar-refractivity contribution < 1.29 is 14.7 Å². The second-order valence-electron chi connectivity index (χ2n) is 4.24. The second-order valence-corrected chi connectivity index (χ2v) is 4.24. The number of aromatic nitrogens is 2. The fourth-order valence-corrected chi connectivity index (χ4v) is 1.28. The maximum absolute atomic E-state index is 11.8. The summed E-state index contributed by atoms with van der Waals surface area (Å²) >= 11 is 0. The van der Waals surface area contributed by atoms with Gasteiger partial charge in [-0.15, -0.1) is 0 Å². The fourth-order valence-electron chi connectivity index (χ4n) is 1.28. The number of nitrogens with one attached hydrogen (secondary N) is 1. The van der Waals surface area contributed by atoms with Gasteiger partial charge in [0.15, 0.2) is 0 Å². The molecule has 6 nitrogen and oxygen atoms in total. The van der Waals surface area contributed by atoms with Crippen LogP contribution in [0.1, 0.15) is 36.5 Å². The number of amides is 1. The lowest BCUT2D eigenvalue weighted by molar-refractivity contribution is -0.143. The first-order valence-corrected chi connectivity index (χ1v) is 5.36. The van der Waals surface area contributed by atoms with Crippen LogP contribution < -0.4 is 5.32 Å². The van der Waals surface area contributed by atoms with E-state index in [1.54, 1.807) is 24.7 Å². The lowest BCUT2D eigenvalue weighted by Gasteiger charge is -2.23. The Bertz CT molecular complexity index is 433. The molecule has 0 aliphatic heterocycles. The van der Waals surface area contributed by atoms with Gasteiger partial charge in [0.25, 0.3) is 5.91 Å². The average Bonchev–Trinajstić information content (AvgIpc) is 2.59. The summed E-state index contributed by atoms with van der Waals surface area (Å²) in [4.78, 5) is 22.9. The van der Waals surface area contributed by atoms with Gasteiger partial charge in [-0.05, 0) is 26.3 Å². The largest absolute Gasteiger partial charge is 0.480 e. The van der Waals surface area contributed by atoms with Crippen molar-refractivity contribution in [1.82, 2.24) is 15.1 Å². The first-order valence-electron chi connectivity index (χ1n) is 5.36. The molecule has 0 spiro atoms. The lowest BCUT2D eigenvalue weighted by atomic mass is 9.99. The van der Waals surface area contributed by atoms with E-state index < -0.39 is 17.4 Å². The van der Waals surface area contributed by atoms with Crippen LogP contribution in [0.25, 0.3) is 0 Å². The van der Waals surface area contributed by atoms with Gasteiger partial charge in [-0.1, -0.05) is 6.92 Å². The molecule has 0 saturated carbocycles. The molecule has 94 valence electrons. The zero-order chi connectivity index (χ0) is 13.2. The number of aliphatic carboxylic acids is 1. The van der Waals surface area contributed by atoms with Crippen molar-refractivity contribution in [2.24, 2.45) is 7.05 Å². The maximum atomic E-state index is 11.8. The van der Waals surface area contributed by atoms with Gasteiger partial charge >= 0.3 is 5.97 Å². The van der Waals surface area contributed by atoms with E-state index in [0.29, 0.717) is 6.42 Å². The van der Waals surface area contributed by atoms with Crippen molar-refractivity contribution in [1.29, 1.82) is 0 Å². The number of aryl methyl sites for hydroxylation is 2. The summed E-state index contributed by atoms with van der Waals surface area (Å²) in [5, 5.41) is 15.5. The highest BCUT2D eigenvalue weighted by molar-refractivity contribution is 5.96. The summed E-state index contributed by atoms with van der Waals surface area (Å²) < 4.78 is 1.57. The fraction of sp³-hybridized carbons (Fsp3) is 0.545. The van der Waals surface area contributed by atoms with Crippen LogP contribution in [0.15, 0.2) is 6.07 Å². The summed E-state index contributed by atoms with van der Waals surface area (Å²) in [6, 6.07) is 1.62. The third kappa shape index (κ3) is 2.64. The summed E-state index contributed by atoms with van der Waals surface area (Å²) in [5.74, 6) is -1.53. The Hall–Kier alpha value is -1.85. The van der Waals surface area contributed by atoms with E-state index in [1.807, 2.05) is 6.92 Å². The normalized spacial score (nSPS) is 14.1. The molecule has 1 rings (SSSR count). The Labute approximate surface area is 99.6 Å². The van der Waals surface area contributed by atoms with E-state index in [0.717, 1.165) is 5.69 Å². The van der Waals surface area contributed by atoms with Crippen LogP contribution in [0.5, 0.6) is 0 Å². The number of hydrogen-bond donors (Lipinski definition) is 2. The molecule has 1 aromatic rings. The summed E-state index contributed by atoms with van der Waals surface area (Å²) in [5.41, 5.74) is -0.197. The van der Waals surface area contributed by atoms with Crippen LogP contribution in [0.3, 0.4) is 0 Å². The third-order valence-electron chi connectivity index (χ3n) is 2.91. The standard InChI is InChI=1S/C11H17N3O3/c1-5-11(3,10(16)17)12-9(15)8-6-7(2)14(4)13-8/h6H,5H2,1-4H3,(H,12,15)(H,16,17)/t11-/m1/s1. The second kappa shape index (κ2) is 4.57. The van der Waals surface area contributed by atoms with E-state index in [1.165, 1.54) is 6.92 Å². The van der Waals surface area contributed by atoms with Gasteiger partial charge in [0.05, 0.1) is 0 Å². The Morgan fingerprint density at radius 2 is 2.18 bits per heavy atom. The van der Waals surface area contributed by atoms with Gasteiger partial charge < -0.3 is 10.4 Å². The van der Waals surface area contributed by atoms with Gasteiger partial charge in [-0.25, -0.2) is 4.79 Å². The summed E-state index contributed by atoms with van der Waals surface area (Å²) in [6.07, 6.45) is 0.305. The van der Waals surface area contributed by atoms with Crippen LogP contribution >= 0.6 is 0 Å². The highest BCUT2D eigenvalue weighted by Gasteiger charge is 2.33. The average molecular weight is 239 g/mol. The molecule has 1 atom stereocenters. The SMILES string of the molecule is CC[C@@](C)(NC(=O)c1cc(C)n(C)n1)C(=O)O. The summed E-state index contributed by atoms with van der Waals surface area (Å²) in [6.45, 7) is 5.00. The van der Waals surface area contributed by atoms with Crippen molar-refractivity contribution in [2.75, 3.05) is 0 Å². The lowest BCUT2D eigenvalue weighted by Crippen LogP contribution is -2.51. The number of carbonyl (C=O) groups excluding carboxylic acids is 1. The van der Waals surface area contributed by atoms with Gasteiger partial charge in [0.2, 0.25) is 0 Å². The zero-order valence-corrected chi connectivity index (χ0v) is 10.4. The topological polar surface area (TPSA) is 84.2 Å². The minimum Gasteiger partial charge on any atom is -0.480 e. The molecule has 17 heavy (non-hydrogen) atoms. The van der Waals surface area contributed by atoms with Crippen LogP contribution in [0.2, 0.25) is 0 Å². The van der Waals surface area contributed by atoms with Gasteiger partial charge in [0.1, 0.15) is 11.2 Å². The molecular weight excluding hydrogens is 222 g/mol. The molecule has 6 heteroatoms. The number of carbonyl (C=O) groups is 2. The predicted molar refractivity (Wildman–Crippen MR) is 61.7 cm³/mol. The highest BCUT2D eigenvalue weighted by Crippen LogP contribution is 2.11. The van der Waals surface area contributed by atoms with E-state index in [4.69, 9.17) is 5.11 Å². The molecule has 0 unspecified atom stereocenters. The first-order chi connectivity index (χ1) is 7.80. The van der Waals surface area contributed by atoms with E-state index in [-0.39, 0.29) is 5.69 Å². The van der Waals surface area contributed by atoms with E-state index >= 15 is 0 Å². The quantitative estimate of drug-likeness (QED) is 0.810. The van der Waals surface area contributed by atoms with Crippen LogP contribution in [-0.4, -0.2) is 32.3 Å². The third-order valence-corrected chi connectivity index (χ3v) is 2.91. The first kappa shape index (κ1) is 13.2. The van der Waals surface area contributed by atoms with Gasteiger partial charge in [-0.2, -0.15) is 5.10 Å². The minimum absolute atomic E-state index is 0.228. The minimum atomic E-state index is -1.26. The van der Waals surface area contributed by atoms with Crippen molar-refractivity contribution in [2.45, 2.75) is 32.7 Å². The summed E-state index contributed by atoms with van der Waals surface area (Å²) in [7, 11) is 1.72. The number of hydrogen-bond acceptors (Lipinski definition) is 3. The molecular formula is C11H17N3O3. The van der Waals surface area contributed by atoms with Crippen molar-refractivity contribution >= 4 is 11.9 Å². The number of carboxylic acid groups (broad SMARTS) is 1. The molecule has 0 aliphatic carbocycles. The van der Waals surface area contributed by atoms with Gasteiger partial charge in [-0.3, -0.25) is 9.48 Å². The maximum Gasteiger partial charge on any atom is 0.329 e. The monoisotopic (exact) mass is 239 g/mol. The Morgan fingerprint density at radius 1 is 1.59 bits per heavy atom. The smallest absolute Gasteiger partial charge is 0.329 e. The Morgan fingerprint density at radius 3 is 2.53 bits per heavy atom. The van der Waals surface area contributed by atoms with Crippen LogP contribution in [0, 0.1) is 6.92 Å². The molecule has 2 N–H and O–H groups in total. The highest BCUT2D eigenvalue weighted by atomic mass is 16.4. The molecule has 0 aliphatic rings. The molecule has 0 saturated heterocycles. The number of rotatable bonds is 4. The molecule has 0 radical (unpaired) electrons. The Balaban J connectivity index is 2.89. The van der Waals surface area contributed by atoms with Gasteiger partial charge in [0, 0.05) is 12.7 Å². The number of nitrogens with zero attached hydrogens (tertiary/aromatic N) is 2. The molecule has 1 aromatic heterocycles. The molecule has 1 amide bonds. The molecule has 1 heterocycles. The molecule has 0 aromatic carbocycles. The molecule has 0 fully saturated rings. The van der Waals surface area contributed by atoms with Crippen LogP contribution in [-0.2, 0) is 11.8 Å². The predicted octanol–water partition coefficient (Wildman–Crippen LogP) is 0.712. The van der Waals surface area contributed by atoms with E-state index in [2.05, 4.69) is 10.4 Å². The van der Waals surface area contributed by atoms with Crippen molar-refractivity contribution in [3.63, 3.8) is 0 Å². The van der Waals surface area contributed by atoms with Crippen LogP contribution in [0.4, 0.5) is 0 Å². The Kier molecular flexibility index (Phi) is 3.55. The number of carboxylic acids is 1. The molecule has 0 bridgehead atoms. The van der Waals surface area contributed by atoms with Crippen molar-refractivity contribution in [3.8, 4) is 0 Å². The van der Waals surface area contributed by atoms with E-state index in [9.17, 15) is 9.59 Å². The zero-order valence-electron chi connectivity index (χ0n) is 10.4. The van der Waals surface area contributed by atoms with Crippen molar-refractivity contribution in [3.05, 3.63) is 17.5 Å².